The van der Waals surface area contributed by atoms with Crippen molar-refractivity contribution in [3.8, 4) is 51.8 Å². The van der Waals surface area contributed by atoms with Gasteiger partial charge in [-0.15, -0.1) is 0 Å². The Labute approximate surface area is 287 Å². The molecule has 0 atom stereocenters. The SMILES string of the molecule is N#Cc1ccc2c(c1)c1cccc(C#N)c1n2-c1ccc(-c2c(C#N)cccc2-c2ccccc2-n2c3ccccc3c3ccccc32)cc1. The standard InChI is InChI=1S/C45H25N5/c46-26-29-19-24-43-39(25-29)38-15-8-10-32(28-48)45(38)49(43)33-22-20-30(21-23-33)44-31(27-47)9-7-14-37(44)36-13-3-6-18-42(36)50-40-16-4-1-11-34(40)35-12-2-5-17-41(35)50/h1-25H. The molecule has 0 bridgehead atoms. The van der Waals surface area contributed by atoms with E-state index in [-0.39, 0.29) is 0 Å². The summed E-state index contributed by atoms with van der Waals surface area (Å²) in [7, 11) is 0. The number of fused-ring (bicyclic) bond motifs is 6. The van der Waals surface area contributed by atoms with Gasteiger partial charge in [0.05, 0.1) is 56.6 Å². The Hall–Kier alpha value is -7.39. The molecule has 0 amide bonds. The lowest BCUT2D eigenvalue weighted by Gasteiger charge is -2.18. The summed E-state index contributed by atoms with van der Waals surface area (Å²) in [5.74, 6) is 0. The van der Waals surface area contributed by atoms with E-state index in [0.717, 1.165) is 66.5 Å². The lowest BCUT2D eigenvalue weighted by Crippen LogP contribution is -1.99. The topological polar surface area (TPSA) is 81.2 Å². The average Bonchev–Trinajstić information content (AvgIpc) is 3.70. The fourth-order valence-electron chi connectivity index (χ4n) is 7.53. The van der Waals surface area contributed by atoms with Gasteiger partial charge in [-0.25, -0.2) is 0 Å². The van der Waals surface area contributed by atoms with Gasteiger partial charge >= 0.3 is 0 Å². The average molecular weight is 636 g/mol. The number of para-hydroxylation sites is 4. The fourth-order valence-corrected chi connectivity index (χ4v) is 7.53. The predicted molar refractivity (Wildman–Crippen MR) is 200 cm³/mol. The first-order chi connectivity index (χ1) is 24.7. The Morgan fingerprint density at radius 1 is 0.420 bits per heavy atom. The molecule has 0 aliphatic carbocycles. The van der Waals surface area contributed by atoms with Gasteiger partial charge in [-0.2, -0.15) is 15.8 Å². The van der Waals surface area contributed by atoms with Crippen molar-refractivity contribution >= 4 is 43.6 Å². The van der Waals surface area contributed by atoms with E-state index in [2.05, 4.69) is 100 Å². The lowest BCUT2D eigenvalue weighted by molar-refractivity contribution is 1.17. The highest BCUT2D eigenvalue weighted by Gasteiger charge is 2.20. The van der Waals surface area contributed by atoms with E-state index in [1.807, 2.05) is 78.9 Å². The van der Waals surface area contributed by atoms with Crippen LogP contribution in [0, 0.1) is 34.0 Å². The van der Waals surface area contributed by atoms with E-state index in [0.29, 0.717) is 16.7 Å². The second kappa shape index (κ2) is 11.4. The van der Waals surface area contributed by atoms with Crippen LogP contribution in [0.2, 0.25) is 0 Å². The van der Waals surface area contributed by atoms with Crippen LogP contribution in [0.5, 0.6) is 0 Å². The van der Waals surface area contributed by atoms with Crippen LogP contribution in [0.15, 0.2) is 152 Å². The number of aromatic nitrogens is 2. The Morgan fingerprint density at radius 3 is 1.74 bits per heavy atom. The molecule has 0 saturated heterocycles. The van der Waals surface area contributed by atoms with Gasteiger partial charge in [0, 0.05) is 38.4 Å². The maximum atomic E-state index is 10.4. The zero-order chi connectivity index (χ0) is 33.8. The molecule has 50 heavy (non-hydrogen) atoms. The Bertz CT molecular complexity index is 2900. The highest BCUT2D eigenvalue weighted by Crippen LogP contribution is 2.41. The van der Waals surface area contributed by atoms with Crippen molar-refractivity contribution in [2.24, 2.45) is 0 Å². The third-order valence-electron chi connectivity index (χ3n) is 9.65. The monoisotopic (exact) mass is 635 g/mol. The lowest BCUT2D eigenvalue weighted by atomic mass is 9.90. The van der Waals surface area contributed by atoms with Crippen molar-refractivity contribution in [2.45, 2.75) is 0 Å². The van der Waals surface area contributed by atoms with Gasteiger partial charge in [0.2, 0.25) is 0 Å². The van der Waals surface area contributed by atoms with Gasteiger partial charge in [-0.1, -0.05) is 91.0 Å². The minimum absolute atomic E-state index is 0.556. The molecule has 7 aromatic carbocycles. The van der Waals surface area contributed by atoms with E-state index in [4.69, 9.17) is 0 Å². The molecule has 0 spiro atoms. The van der Waals surface area contributed by atoms with Crippen molar-refractivity contribution in [2.75, 3.05) is 0 Å². The van der Waals surface area contributed by atoms with Crippen molar-refractivity contribution in [1.82, 2.24) is 9.13 Å². The van der Waals surface area contributed by atoms with Gasteiger partial charge in [-0.3, -0.25) is 0 Å². The van der Waals surface area contributed by atoms with E-state index < -0.39 is 0 Å². The van der Waals surface area contributed by atoms with Gasteiger partial charge in [-0.05, 0) is 71.8 Å². The van der Waals surface area contributed by atoms with Gasteiger partial charge in [0.25, 0.3) is 0 Å². The summed E-state index contributed by atoms with van der Waals surface area (Å²) in [5, 5.41) is 34.3. The van der Waals surface area contributed by atoms with Gasteiger partial charge < -0.3 is 9.13 Å². The van der Waals surface area contributed by atoms with E-state index >= 15 is 0 Å². The highest BCUT2D eigenvalue weighted by molar-refractivity contribution is 6.12. The first kappa shape index (κ1) is 28.8. The molecule has 0 aliphatic heterocycles. The van der Waals surface area contributed by atoms with Crippen molar-refractivity contribution in [1.29, 1.82) is 15.8 Å². The summed E-state index contributed by atoms with van der Waals surface area (Å²) in [5.41, 5.74) is 11.3. The molecule has 0 N–H and O–H groups in total. The third kappa shape index (κ3) is 4.24. The van der Waals surface area contributed by atoms with Crippen LogP contribution in [0.3, 0.4) is 0 Å². The number of hydrogen-bond donors (Lipinski definition) is 0. The summed E-state index contributed by atoms with van der Waals surface area (Å²) in [4.78, 5) is 0. The molecule has 0 fully saturated rings. The van der Waals surface area contributed by atoms with Crippen LogP contribution < -0.4 is 0 Å². The molecule has 9 rings (SSSR count). The second-order valence-corrected chi connectivity index (χ2v) is 12.3. The number of hydrogen-bond acceptors (Lipinski definition) is 3. The summed E-state index contributed by atoms with van der Waals surface area (Å²) in [6, 6.07) is 57.8. The minimum atomic E-state index is 0.556. The molecule has 9 aromatic rings. The molecular formula is C45H25N5. The van der Waals surface area contributed by atoms with E-state index in [1.165, 1.54) is 10.8 Å². The first-order valence-corrected chi connectivity index (χ1v) is 16.3. The van der Waals surface area contributed by atoms with Crippen LogP contribution in [0.1, 0.15) is 16.7 Å². The molecule has 0 unspecified atom stereocenters. The number of benzene rings is 7. The second-order valence-electron chi connectivity index (χ2n) is 12.3. The molecular weight excluding hydrogens is 611 g/mol. The van der Waals surface area contributed by atoms with Gasteiger partial charge in [0.1, 0.15) is 6.07 Å². The zero-order valence-corrected chi connectivity index (χ0v) is 26.7. The smallest absolute Gasteiger partial charge is 0.101 e. The van der Waals surface area contributed by atoms with Crippen molar-refractivity contribution < 1.29 is 0 Å². The number of rotatable bonds is 4. The quantitative estimate of drug-likeness (QED) is 0.193. The fraction of sp³-hybridized carbons (Fsp3) is 0. The molecule has 2 heterocycles. The summed E-state index contributed by atoms with van der Waals surface area (Å²) < 4.78 is 4.40. The molecule has 5 nitrogen and oxygen atoms in total. The maximum Gasteiger partial charge on any atom is 0.101 e. The molecule has 0 aliphatic rings. The van der Waals surface area contributed by atoms with Gasteiger partial charge in [0.15, 0.2) is 0 Å². The van der Waals surface area contributed by atoms with Crippen LogP contribution in [-0.4, -0.2) is 9.13 Å². The third-order valence-corrected chi connectivity index (χ3v) is 9.65. The highest BCUT2D eigenvalue weighted by atomic mass is 15.0. The zero-order valence-electron chi connectivity index (χ0n) is 26.7. The molecule has 230 valence electrons. The summed E-state index contributed by atoms with van der Waals surface area (Å²) >= 11 is 0. The Morgan fingerprint density at radius 2 is 1.02 bits per heavy atom. The van der Waals surface area contributed by atoms with Crippen LogP contribution in [0.25, 0.3) is 77.2 Å². The normalized spacial score (nSPS) is 11.1. The molecule has 0 radical (unpaired) electrons. The van der Waals surface area contributed by atoms with E-state index in [9.17, 15) is 15.8 Å². The number of nitrogens with zero attached hydrogens (tertiary/aromatic N) is 5. The van der Waals surface area contributed by atoms with Crippen LogP contribution in [0.4, 0.5) is 0 Å². The molecule has 2 aromatic heterocycles. The Balaban J connectivity index is 1.25. The molecule has 5 heteroatoms. The summed E-state index contributed by atoms with van der Waals surface area (Å²) in [6.45, 7) is 0. The Kier molecular flexibility index (Phi) is 6.56. The first-order valence-electron chi connectivity index (χ1n) is 16.3. The largest absolute Gasteiger partial charge is 0.309 e. The van der Waals surface area contributed by atoms with E-state index in [1.54, 1.807) is 0 Å². The van der Waals surface area contributed by atoms with Crippen LogP contribution in [-0.2, 0) is 0 Å². The number of nitriles is 3. The maximum absolute atomic E-state index is 10.4. The minimum Gasteiger partial charge on any atom is -0.309 e. The van der Waals surface area contributed by atoms with Crippen molar-refractivity contribution in [3.05, 3.63) is 168 Å². The molecule has 0 saturated carbocycles. The summed E-state index contributed by atoms with van der Waals surface area (Å²) in [6.07, 6.45) is 0. The van der Waals surface area contributed by atoms with Crippen LogP contribution >= 0.6 is 0 Å². The predicted octanol–water partition coefficient (Wildman–Crippen LogP) is 10.8. The van der Waals surface area contributed by atoms with Crippen molar-refractivity contribution in [3.63, 3.8) is 0 Å².